The van der Waals surface area contributed by atoms with Crippen molar-refractivity contribution in [2.24, 2.45) is 0 Å². The molecule has 0 aromatic heterocycles. The number of hydrogen-bond donors (Lipinski definition) is 1. The lowest BCUT2D eigenvalue weighted by molar-refractivity contribution is 0.454. The van der Waals surface area contributed by atoms with Gasteiger partial charge in [0.25, 0.3) is 0 Å². The molecule has 4 aromatic rings. The lowest BCUT2D eigenvalue weighted by Crippen LogP contribution is -2.16. The van der Waals surface area contributed by atoms with Crippen molar-refractivity contribution in [2.45, 2.75) is 19.3 Å². The quantitative estimate of drug-likeness (QED) is 0.393. The fraction of sp³-hybridized carbons (Fsp3) is 0.111. The Labute approximate surface area is 183 Å². The predicted octanol–water partition coefficient (Wildman–Crippen LogP) is 6.37. The van der Waals surface area contributed by atoms with Gasteiger partial charge >= 0.3 is 7.69 Å². The Morgan fingerprint density at radius 2 is 1.35 bits per heavy atom. The van der Waals surface area contributed by atoms with Gasteiger partial charge < -0.3 is 14.6 Å². The molecule has 1 radical (unpaired) electrons. The highest BCUT2D eigenvalue weighted by Gasteiger charge is 2.37. The second kappa shape index (κ2) is 7.64. The van der Waals surface area contributed by atoms with Crippen molar-refractivity contribution in [1.29, 1.82) is 0 Å². The lowest BCUT2D eigenvalue weighted by Gasteiger charge is -2.29. The van der Waals surface area contributed by atoms with Gasteiger partial charge in [0, 0.05) is 22.4 Å². The minimum Gasteiger partial charge on any atom is -0.537 e. The molecule has 0 saturated carbocycles. The van der Waals surface area contributed by atoms with Crippen LogP contribution in [0.2, 0.25) is 0 Å². The number of benzene rings is 4. The molecule has 1 aliphatic carbocycles. The van der Waals surface area contributed by atoms with Crippen LogP contribution >= 0.6 is 0 Å². The van der Waals surface area contributed by atoms with Gasteiger partial charge in [0.15, 0.2) is 0 Å². The zero-order valence-electron chi connectivity index (χ0n) is 17.6. The molecule has 0 amide bonds. The molecular weight excluding hydrogens is 381 g/mol. The van der Waals surface area contributed by atoms with Gasteiger partial charge in [-0.2, -0.15) is 0 Å². The molecule has 31 heavy (non-hydrogen) atoms. The van der Waals surface area contributed by atoms with Gasteiger partial charge in [-0.3, -0.25) is 0 Å². The van der Waals surface area contributed by atoms with Crippen LogP contribution in [-0.4, -0.2) is 12.7 Å². The standard InChI is InChI=1S/C27H23BNO2/c1-27(2)23-12-7-6-11-22(23)26-24(27)13-8-14-25(26)29(19-9-4-3-5-10-19)20-15-17-21(18-16-20)31-28-30/h3-18,30H,1-2H3. The van der Waals surface area contributed by atoms with Gasteiger partial charge in [-0.25, -0.2) is 0 Å². The maximum absolute atomic E-state index is 8.94. The van der Waals surface area contributed by atoms with Crippen molar-refractivity contribution in [3.8, 4) is 16.9 Å². The molecule has 0 unspecified atom stereocenters. The van der Waals surface area contributed by atoms with E-state index in [-0.39, 0.29) is 5.41 Å². The summed E-state index contributed by atoms with van der Waals surface area (Å²) in [6.07, 6.45) is 0. The lowest BCUT2D eigenvalue weighted by atomic mass is 9.82. The van der Waals surface area contributed by atoms with Crippen LogP contribution in [0.25, 0.3) is 11.1 Å². The number of anilines is 3. The molecule has 0 fully saturated rings. The Balaban J connectivity index is 1.74. The SMILES string of the molecule is CC1(C)c2ccccc2-c2c(N(c3ccccc3)c3ccc(O[B]O)cc3)cccc21. The van der Waals surface area contributed by atoms with Gasteiger partial charge in [-0.15, -0.1) is 0 Å². The van der Waals surface area contributed by atoms with Crippen molar-refractivity contribution in [2.75, 3.05) is 4.90 Å². The van der Waals surface area contributed by atoms with Crippen molar-refractivity contribution in [3.05, 3.63) is 108 Å². The van der Waals surface area contributed by atoms with E-state index in [9.17, 15) is 0 Å². The fourth-order valence-corrected chi connectivity index (χ4v) is 4.66. The topological polar surface area (TPSA) is 32.7 Å². The third kappa shape index (κ3) is 3.20. The maximum Gasteiger partial charge on any atom is 0.569 e. The molecule has 0 atom stereocenters. The van der Waals surface area contributed by atoms with Crippen LogP contribution in [0.3, 0.4) is 0 Å². The molecule has 3 nitrogen and oxygen atoms in total. The minimum atomic E-state index is -0.0566. The average Bonchev–Trinajstić information content (AvgIpc) is 3.04. The first-order valence-electron chi connectivity index (χ1n) is 10.4. The highest BCUT2D eigenvalue weighted by molar-refractivity contribution is 6.17. The first kappa shape index (κ1) is 19.5. The van der Waals surface area contributed by atoms with Gasteiger partial charge in [0.05, 0.1) is 5.69 Å². The monoisotopic (exact) mass is 404 g/mol. The Kier molecular flexibility index (Phi) is 4.80. The van der Waals surface area contributed by atoms with Crippen LogP contribution in [0.5, 0.6) is 5.75 Å². The summed E-state index contributed by atoms with van der Waals surface area (Å²) in [6.45, 7) is 4.59. The molecule has 0 aliphatic heterocycles. The van der Waals surface area contributed by atoms with Crippen LogP contribution in [0.4, 0.5) is 17.1 Å². The third-order valence-corrected chi connectivity index (χ3v) is 6.12. The summed E-state index contributed by atoms with van der Waals surface area (Å²) < 4.78 is 5.11. The van der Waals surface area contributed by atoms with E-state index in [2.05, 4.69) is 85.5 Å². The number of para-hydroxylation sites is 1. The van der Waals surface area contributed by atoms with E-state index >= 15 is 0 Å². The van der Waals surface area contributed by atoms with E-state index < -0.39 is 0 Å². The third-order valence-electron chi connectivity index (χ3n) is 6.12. The second-order valence-corrected chi connectivity index (χ2v) is 8.26. The summed E-state index contributed by atoms with van der Waals surface area (Å²) in [7, 11) is 0.701. The van der Waals surface area contributed by atoms with Crippen LogP contribution in [0.15, 0.2) is 97.1 Å². The van der Waals surface area contributed by atoms with Crippen LogP contribution in [0, 0.1) is 0 Å². The Morgan fingerprint density at radius 1 is 0.710 bits per heavy atom. The van der Waals surface area contributed by atoms with E-state index in [1.807, 2.05) is 30.3 Å². The van der Waals surface area contributed by atoms with Gasteiger partial charge in [-0.05, 0) is 59.2 Å². The summed E-state index contributed by atoms with van der Waals surface area (Å²) in [5.41, 5.74) is 8.44. The fourth-order valence-electron chi connectivity index (χ4n) is 4.66. The molecule has 1 aliphatic rings. The van der Waals surface area contributed by atoms with E-state index in [1.54, 1.807) is 0 Å². The van der Waals surface area contributed by atoms with E-state index in [0.717, 1.165) is 17.1 Å². The first-order chi connectivity index (χ1) is 15.1. The number of hydrogen-bond acceptors (Lipinski definition) is 3. The van der Waals surface area contributed by atoms with E-state index in [1.165, 1.54) is 22.3 Å². The van der Waals surface area contributed by atoms with E-state index in [4.69, 9.17) is 9.68 Å². The van der Waals surface area contributed by atoms with E-state index in [0.29, 0.717) is 13.4 Å². The van der Waals surface area contributed by atoms with Crippen molar-refractivity contribution < 1.29 is 9.68 Å². The molecular formula is C27H23BNO2. The highest BCUT2D eigenvalue weighted by atomic mass is 16.5. The Hall–Kier alpha value is -3.50. The molecule has 4 aromatic carbocycles. The zero-order chi connectivity index (χ0) is 21.4. The Morgan fingerprint density at radius 3 is 2.10 bits per heavy atom. The molecule has 151 valence electrons. The van der Waals surface area contributed by atoms with Crippen LogP contribution in [0.1, 0.15) is 25.0 Å². The zero-order valence-corrected chi connectivity index (χ0v) is 17.6. The first-order valence-corrected chi connectivity index (χ1v) is 10.4. The summed E-state index contributed by atoms with van der Waals surface area (Å²) in [5, 5.41) is 8.94. The van der Waals surface area contributed by atoms with Gasteiger partial charge in [0.1, 0.15) is 5.75 Å². The molecule has 0 spiro atoms. The summed E-state index contributed by atoms with van der Waals surface area (Å²) in [4.78, 5) is 2.28. The predicted molar refractivity (Wildman–Crippen MR) is 127 cm³/mol. The maximum atomic E-state index is 8.94. The average molecular weight is 404 g/mol. The molecule has 4 heteroatoms. The van der Waals surface area contributed by atoms with Crippen molar-refractivity contribution in [3.63, 3.8) is 0 Å². The smallest absolute Gasteiger partial charge is 0.537 e. The highest BCUT2D eigenvalue weighted by Crippen LogP contribution is 2.53. The normalized spacial score (nSPS) is 13.3. The number of rotatable bonds is 5. The van der Waals surface area contributed by atoms with Gasteiger partial charge in [-0.1, -0.05) is 68.4 Å². The largest absolute Gasteiger partial charge is 0.569 e. The number of nitrogens with zero attached hydrogens (tertiary/aromatic N) is 1. The molecule has 0 saturated heterocycles. The summed E-state index contributed by atoms with van der Waals surface area (Å²) >= 11 is 0. The van der Waals surface area contributed by atoms with Crippen molar-refractivity contribution in [1.82, 2.24) is 0 Å². The van der Waals surface area contributed by atoms with Crippen LogP contribution in [-0.2, 0) is 5.41 Å². The Bertz CT molecular complexity index is 1220. The molecule has 1 N–H and O–H groups in total. The number of fused-ring (bicyclic) bond motifs is 3. The van der Waals surface area contributed by atoms with Crippen LogP contribution < -0.4 is 9.55 Å². The summed E-state index contributed by atoms with van der Waals surface area (Å²) in [5.74, 6) is 0.587. The molecule has 0 bridgehead atoms. The molecule has 0 heterocycles. The summed E-state index contributed by atoms with van der Waals surface area (Å²) in [6, 6.07) is 33.4. The second-order valence-electron chi connectivity index (χ2n) is 8.26. The van der Waals surface area contributed by atoms with Crippen molar-refractivity contribution >= 4 is 24.7 Å². The molecule has 5 rings (SSSR count). The minimum absolute atomic E-state index is 0.0566. The van der Waals surface area contributed by atoms with Gasteiger partial charge in [0.2, 0.25) is 0 Å².